The largest absolute Gasteiger partial charge is 0.278 e. The normalized spacial score (nSPS) is 11.4. The second kappa shape index (κ2) is 4.86. The molecule has 17 heavy (non-hydrogen) atoms. The Kier molecular flexibility index (Phi) is 3.63. The first-order chi connectivity index (χ1) is 7.99. The molecule has 0 aliphatic heterocycles. The van der Waals surface area contributed by atoms with Gasteiger partial charge in [-0.1, -0.05) is 23.2 Å². The highest BCUT2D eigenvalue weighted by Gasteiger charge is 2.16. The first-order valence-electron chi connectivity index (χ1n) is 4.49. The van der Waals surface area contributed by atoms with Gasteiger partial charge < -0.3 is 0 Å². The van der Waals surface area contributed by atoms with Gasteiger partial charge in [-0.25, -0.2) is 8.42 Å². The minimum absolute atomic E-state index is 0.207. The van der Waals surface area contributed by atoms with Crippen LogP contribution in [0.4, 0.5) is 5.69 Å². The van der Waals surface area contributed by atoms with E-state index in [-0.39, 0.29) is 10.6 Å². The highest BCUT2D eigenvalue weighted by molar-refractivity contribution is 7.92. The maximum atomic E-state index is 11.9. The van der Waals surface area contributed by atoms with E-state index in [9.17, 15) is 8.42 Å². The van der Waals surface area contributed by atoms with Crippen LogP contribution in [0.15, 0.2) is 39.9 Å². The van der Waals surface area contributed by atoms with Gasteiger partial charge >= 0.3 is 0 Å². The van der Waals surface area contributed by atoms with Gasteiger partial charge in [-0.15, -0.1) is 0 Å². The topological polar surface area (TPSA) is 46.2 Å². The smallest absolute Gasteiger partial charge is 0.262 e. The summed E-state index contributed by atoms with van der Waals surface area (Å²) in [6, 6.07) is 6.11. The molecule has 0 unspecified atom stereocenters. The Hall–Kier alpha value is -0.750. The molecule has 1 heterocycles. The Morgan fingerprint density at radius 3 is 2.59 bits per heavy atom. The summed E-state index contributed by atoms with van der Waals surface area (Å²) >= 11 is 13.0. The molecule has 0 atom stereocenters. The van der Waals surface area contributed by atoms with Crippen molar-refractivity contribution in [2.24, 2.45) is 0 Å². The van der Waals surface area contributed by atoms with Crippen molar-refractivity contribution in [2.45, 2.75) is 4.90 Å². The van der Waals surface area contributed by atoms with E-state index in [4.69, 9.17) is 23.2 Å². The third-order valence-corrected chi connectivity index (χ3v) is 4.74. The molecule has 0 aliphatic carbocycles. The highest BCUT2D eigenvalue weighted by atomic mass is 35.5. The molecule has 2 rings (SSSR count). The zero-order valence-electron chi connectivity index (χ0n) is 8.35. The molecule has 0 spiro atoms. The van der Waals surface area contributed by atoms with Gasteiger partial charge in [0.2, 0.25) is 0 Å². The first kappa shape index (κ1) is 12.7. The molecule has 0 aliphatic rings. The second-order valence-electron chi connectivity index (χ2n) is 3.19. The van der Waals surface area contributed by atoms with E-state index in [1.165, 1.54) is 29.5 Å². The van der Waals surface area contributed by atoms with Crippen LogP contribution in [0, 0.1) is 0 Å². The predicted octanol–water partition coefficient (Wildman–Crippen LogP) is 3.86. The van der Waals surface area contributed by atoms with Gasteiger partial charge in [0.25, 0.3) is 10.0 Å². The molecule has 1 aromatic heterocycles. The second-order valence-corrected chi connectivity index (χ2v) is 6.49. The number of halogens is 2. The summed E-state index contributed by atoms with van der Waals surface area (Å²) in [5, 5.41) is 3.94. The molecule has 1 aromatic carbocycles. The summed E-state index contributed by atoms with van der Waals surface area (Å²) in [6.45, 7) is 0. The molecule has 2 aromatic rings. The fraction of sp³-hybridized carbons (Fsp3) is 0. The number of hydrogen-bond donors (Lipinski definition) is 1. The van der Waals surface area contributed by atoms with Crippen molar-refractivity contribution in [3.8, 4) is 0 Å². The van der Waals surface area contributed by atoms with Gasteiger partial charge in [-0.05, 0) is 29.6 Å². The Morgan fingerprint density at radius 2 is 1.94 bits per heavy atom. The summed E-state index contributed by atoms with van der Waals surface area (Å²) in [7, 11) is -3.59. The van der Waals surface area contributed by atoms with Gasteiger partial charge in [-0.2, -0.15) is 11.3 Å². The molecule has 1 N–H and O–H groups in total. The fourth-order valence-electron chi connectivity index (χ4n) is 1.18. The van der Waals surface area contributed by atoms with Crippen molar-refractivity contribution >= 4 is 50.2 Å². The van der Waals surface area contributed by atoms with Crippen LogP contribution in [0.3, 0.4) is 0 Å². The van der Waals surface area contributed by atoms with Crippen LogP contribution in [0.2, 0.25) is 10.0 Å². The van der Waals surface area contributed by atoms with Gasteiger partial charge in [0.05, 0.1) is 15.6 Å². The average molecular weight is 308 g/mol. The number of sulfonamides is 1. The Labute approximate surface area is 113 Å². The summed E-state index contributed by atoms with van der Waals surface area (Å²) in [5.41, 5.74) is 0.269. The highest BCUT2D eigenvalue weighted by Crippen LogP contribution is 2.28. The summed E-state index contributed by atoms with van der Waals surface area (Å²) in [5.74, 6) is 0. The standard InChI is InChI=1S/C10H7Cl2NO2S2/c11-7-1-2-9(12)10(5-7)13-17(14,15)8-3-4-16-6-8/h1-6,13H. The molecule has 3 nitrogen and oxygen atoms in total. The maximum absolute atomic E-state index is 11.9. The third-order valence-electron chi connectivity index (χ3n) is 1.98. The van der Waals surface area contributed by atoms with Gasteiger partial charge in [0, 0.05) is 10.4 Å². The van der Waals surface area contributed by atoms with E-state index in [2.05, 4.69) is 4.72 Å². The monoisotopic (exact) mass is 307 g/mol. The third kappa shape index (κ3) is 2.93. The molecule has 7 heteroatoms. The first-order valence-corrected chi connectivity index (χ1v) is 7.67. The fourth-order valence-corrected chi connectivity index (χ4v) is 3.68. The molecule has 0 fully saturated rings. The van der Waals surface area contributed by atoms with Crippen LogP contribution >= 0.6 is 34.5 Å². The van der Waals surface area contributed by atoms with Crippen LogP contribution < -0.4 is 4.72 Å². The Bertz CT molecular complexity index is 624. The molecule has 0 amide bonds. The lowest BCUT2D eigenvalue weighted by Crippen LogP contribution is -2.12. The zero-order chi connectivity index (χ0) is 12.5. The van der Waals surface area contributed by atoms with Gasteiger partial charge in [-0.3, -0.25) is 4.72 Å². The lowest BCUT2D eigenvalue weighted by atomic mass is 10.3. The minimum atomic E-state index is -3.59. The molecular formula is C10H7Cl2NO2S2. The van der Waals surface area contributed by atoms with E-state index in [0.717, 1.165) is 0 Å². The van der Waals surface area contributed by atoms with Crippen molar-refractivity contribution in [3.63, 3.8) is 0 Å². The van der Waals surface area contributed by atoms with Crippen LogP contribution in [-0.2, 0) is 10.0 Å². The van der Waals surface area contributed by atoms with Crippen LogP contribution in [0.1, 0.15) is 0 Å². The predicted molar refractivity (Wildman–Crippen MR) is 71.6 cm³/mol. The molecule has 0 bridgehead atoms. The minimum Gasteiger partial charge on any atom is -0.278 e. The number of benzene rings is 1. The number of nitrogens with one attached hydrogen (secondary N) is 1. The summed E-state index contributed by atoms with van der Waals surface area (Å²) in [4.78, 5) is 0.207. The van der Waals surface area contributed by atoms with E-state index in [0.29, 0.717) is 10.0 Å². The van der Waals surface area contributed by atoms with E-state index in [1.807, 2.05) is 0 Å². The summed E-state index contributed by atoms with van der Waals surface area (Å²) < 4.78 is 26.2. The Morgan fingerprint density at radius 1 is 1.18 bits per heavy atom. The number of rotatable bonds is 3. The van der Waals surface area contributed by atoms with Crippen molar-refractivity contribution in [1.82, 2.24) is 0 Å². The SMILES string of the molecule is O=S(=O)(Nc1cc(Cl)ccc1Cl)c1ccsc1. The van der Waals surface area contributed by atoms with E-state index in [1.54, 1.807) is 16.8 Å². The van der Waals surface area contributed by atoms with E-state index < -0.39 is 10.0 Å². The van der Waals surface area contributed by atoms with Crippen molar-refractivity contribution < 1.29 is 8.42 Å². The molecule has 90 valence electrons. The lowest BCUT2D eigenvalue weighted by molar-refractivity contribution is 0.601. The van der Waals surface area contributed by atoms with Crippen molar-refractivity contribution in [1.29, 1.82) is 0 Å². The molecule has 0 radical (unpaired) electrons. The average Bonchev–Trinajstić information content (AvgIpc) is 2.77. The van der Waals surface area contributed by atoms with Crippen LogP contribution in [-0.4, -0.2) is 8.42 Å². The lowest BCUT2D eigenvalue weighted by Gasteiger charge is -2.08. The van der Waals surface area contributed by atoms with Crippen LogP contribution in [0.5, 0.6) is 0 Å². The van der Waals surface area contributed by atoms with Gasteiger partial charge in [0.1, 0.15) is 0 Å². The number of thiophene rings is 1. The van der Waals surface area contributed by atoms with E-state index >= 15 is 0 Å². The van der Waals surface area contributed by atoms with Crippen LogP contribution in [0.25, 0.3) is 0 Å². The summed E-state index contributed by atoms with van der Waals surface area (Å²) in [6.07, 6.45) is 0. The molecule has 0 saturated carbocycles. The number of anilines is 1. The van der Waals surface area contributed by atoms with Gasteiger partial charge in [0.15, 0.2) is 0 Å². The van der Waals surface area contributed by atoms with Crippen molar-refractivity contribution in [2.75, 3.05) is 4.72 Å². The Balaban J connectivity index is 2.36. The van der Waals surface area contributed by atoms with Crippen molar-refractivity contribution in [3.05, 3.63) is 45.1 Å². The quantitative estimate of drug-likeness (QED) is 0.936. The molecular weight excluding hydrogens is 301 g/mol. The molecule has 0 saturated heterocycles. The zero-order valence-corrected chi connectivity index (χ0v) is 11.5. The number of hydrogen-bond acceptors (Lipinski definition) is 3. The maximum Gasteiger partial charge on any atom is 0.262 e.